The molecule has 2 aromatic carbocycles. The van der Waals surface area contributed by atoms with Crippen LogP contribution in [0.2, 0.25) is 5.02 Å². The topological polar surface area (TPSA) is 50.1 Å². The summed E-state index contributed by atoms with van der Waals surface area (Å²) in [5.74, 6) is -0.301. The molecule has 88 valence electrons. The van der Waals surface area contributed by atoms with E-state index in [0.717, 1.165) is 0 Å². The first-order valence-electron chi connectivity index (χ1n) is 5.17. The number of nitrogens with zero attached hydrogens (tertiary/aromatic N) is 1. The lowest BCUT2D eigenvalue weighted by molar-refractivity contribution is 0.0734. The maximum Gasteiger partial charge on any atom is 0.343 e. The van der Waals surface area contributed by atoms with E-state index in [1.165, 1.54) is 6.07 Å². The van der Waals surface area contributed by atoms with Gasteiger partial charge in [-0.2, -0.15) is 5.26 Å². The molecule has 0 radical (unpaired) electrons. The number of para-hydroxylation sites is 1. The smallest absolute Gasteiger partial charge is 0.343 e. The Labute approximate surface area is 109 Å². The van der Waals surface area contributed by atoms with Crippen molar-refractivity contribution in [1.29, 1.82) is 5.26 Å². The first-order valence-corrected chi connectivity index (χ1v) is 5.55. The molecule has 0 bridgehead atoms. The summed E-state index contributed by atoms with van der Waals surface area (Å²) in [7, 11) is 0. The predicted molar refractivity (Wildman–Crippen MR) is 67.6 cm³/mol. The Morgan fingerprint density at radius 2 is 1.94 bits per heavy atom. The molecule has 0 saturated heterocycles. The molecule has 0 aliphatic rings. The van der Waals surface area contributed by atoms with Crippen molar-refractivity contribution < 1.29 is 9.53 Å². The Morgan fingerprint density at radius 1 is 1.17 bits per heavy atom. The number of carbonyl (C=O) groups excluding carboxylic acids is 1. The normalized spacial score (nSPS) is 9.56. The third kappa shape index (κ3) is 2.68. The Balaban J connectivity index is 2.25. The fourth-order valence-corrected chi connectivity index (χ4v) is 1.61. The fraction of sp³-hybridized carbons (Fsp3) is 0. The zero-order chi connectivity index (χ0) is 13.0. The second kappa shape index (κ2) is 5.35. The molecule has 0 aliphatic heterocycles. The lowest BCUT2D eigenvalue weighted by Gasteiger charge is -2.05. The standard InChI is InChI=1S/C14H8ClNO2/c15-12-6-3-5-10(8-12)14(17)18-13-7-2-1-4-11(13)9-16/h1-8H. The number of nitriles is 1. The van der Waals surface area contributed by atoms with E-state index < -0.39 is 5.97 Å². The van der Waals surface area contributed by atoms with Crippen LogP contribution >= 0.6 is 11.6 Å². The molecule has 0 unspecified atom stereocenters. The molecule has 2 rings (SSSR count). The minimum absolute atomic E-state index is 0.241. The van der Waals surface area contributed by atoms with Gasteiger partial charge in [0, 0.05) is 5.02 Å². The molecule has 18 heavy (non-hydrogen) atoms. The molecule has 0 spiro atoms. The number of rotatable bonds is 2. The van der Waals surface area contributed by atoms with E-state index >= 15 is 0 Å². The fourth-order valence-electron chi connectivity index (χ4n) is 1.42. The molecule has 0 amide bonds. The molecule has 0 fully saturated rings. The van der Waals surface area contributed by atoms with Crippen LogP contribution in [0.4, 0.5) is 0 Å². The van der Waals surface area contributed by atoms with Crippen molar-refractivity contribution in [2.45, 2.75) is 0 Å². The molecular weight excluding hydrogens is 250 g/mol. The molecule has 0 saturated carbocycles. The summed E-state index contributed by atoms with van der Waals surface area (Å²) in [6, 6.07) is 15.0. The van der Waals surface area contributed by atoms with E-state index in [2.05, 4.69) is 0 Å². The van der Waals surface area contributed by atoms with Gasteiger partial charge < -0.3 is 4.74 Å². The van der Waals surface area contributed by atoms with E-state index in [1.807, 2.05) is 6.07 Å². The zero-order valence-corrected chi connectivity index (χ0v) is 10.0. The highest BCUT2D eigenvalue weighted by Crippen LogP contribution is 2.19. The van der Waals surface area contributed by atoms with Crippen LogP contribution in [-0.2, 0) is 0 Å². The summed E-state index contributed by atoms with van der Waals surface area (Å²) in [5, 5.41) is 9.34. The van der Waals surface area contributed by atoms with Gasteiger partial charge in [0.25, 0.3) is 0 Å². The van der Waals surface area contributed by atoms with E-state index in [4.69, 9.17) is 21.6 Å². The Morgan fingerprint density at radius 3 is 2.67 bits per heavy atom. The summed E-state index contributed by atoms with van der Waals surface area (Å²) in [6.07, 6.45) is 0. The summed E-state index contributed by atoms with van der Waals surface area (Å²) < 4.78 is 5.16. The average molecular weight is 258 g/mol. The van der Waals surface area contributed by atoms with Crippen molar-refractivity contribution in [3.63, 3.8) is 0 Å². The molecule has 0 heterocycles. The average Bonchev–Trinajstić information content (AvgIpc) is 2.39. The largest absolute Gasteiger partial charge is 0.422 e. The van der Waals surface area contributed by atoms with Gasteiger partial charge in [0.05, 0.1) is 11.1 Å². The van der Waals surface area contributed by atoms with Gasteiger partial charge >= 0.3 is 5.97 Å². The van der Waals surface area contributed by atoms with Crippen LogP contribution in [0.3, 0.4) is 0 Å². The molecule has 3 nitrogen and oxygen atoms in total. The van der Waals surface area contributed by atoms with Crippen molar-refractivity contribution in [1.82, 2.24) is 0 Å². The van der Waals surface area contributed by atoms with E-state index in [-0.39, 0.29) is 5.75 Å². The maximum atomic E-state index is 11.8. The second-order valence-corrected chi connectivity index (χ2v) is 3.94. The Hall–Kier alpha value is -2.31. The SMILES string of the molecule is N#Cc1ccccc1OC(=O)c1cccc(Cl)c1. The van der Waals surface area contributed by atoms with Gasteiger partial charge in [-0.15, -0.1) is 0 Å². The number of esters is 1. The molecular formula is C14H8ClNO2. The van der Waals surface area contributed by atoms with Crippen LogP contribution in [0.5, 0.6) is 5.75 Å². The number of hydrogen-bond acceptors (Lipinski definition) is 3. The number of ether oxygens (including phenoxy) is 1. The molecule has 0 aliphatic carbocycles. The summed E-state index contributed by atoms with van der Waals surface area (Å²) in [6.45, 7) is 0. The molecule has 0 N–H and O–H groups in total. The third-order valence-electron chi connectivity index (χ3n) is 2.27. The van der Waals surface area contributed by atoms with Crippen LogP contribution in [0.15, 0.2) is 48.5 Å². The minimum Gasteiger partial charge on any atom is -0.422 e. The number of carbonyl (C=O) groups is 1. The van der Waals surface area contributed by atoms with Gasteiger partial charge in [-0.3, -0.25) is 0 Å². The molecule has 0 aromatic heterocycles. The van der Waals surface area contributed by atoms with E-state index in [0.29, 0.717) is 16.1 Å². The molecule has 4 heteroatoms. The molecule has 2 aromatic rings. The Bertz CT molecular complexity index is 632. The highest BCUT2D eigenvalue weighted by Gasteiger charge is 2.11. The third-order valence-corrected chi connectivity index (χ3v) is 2.51. The first-order chi connectivity index (χ1) is 8.70. The van der Waals surface area contributed by atoms with Crippen molar-refractivity contribution in [3.05, 3.63) is 64.7 Å². The van der Waals surface area contributed by atoms with Gasteiger partial charge in [0.1, 0.15) is 11.8 Å². The van der Waals surface area contributed by atoms with Crippen LogP contribution in [-0.4, -0.2) is 5.97 Å². The quantitative estimate of drug-likeness (QED) is 0.612. The first kappa shape index (κ1) is 12.2. The summed E-state index contributed by atoms with van der Waals surface area (Å²) in [4.78, 5) is 11.8. The Kier molecular flexibility index (Phi) is 3.61. The number of hydrogen-bond donors (Lipinski definition) is 0. The highest BCUT2D eigenvalue weighted by molar-refractivity contribution is 6.30. The van der Waals surface area contributed by atoms with Crippen LogP contribution in [0.1, 0.15) is 15.9 Å². The zero-order valence-electron chi connectivity index (χ0n) is 9.26. The van der Waals surface area contributed by atoms with Gasteiger partial charge in [0.15, 0.2) is 0 Å². The lowest BCUT2D eigenvalue weighted by Crippen LogP contribution is -2.09. The van der Waals surface area contributed by atoms with E-state index in [9.17, 15) is 4.79 Å². The molecule has 0 atom stereocenters. The van der Waals surface area contributed by atoms with Crippen molar-refractivity contribution in [2.24, 2.45) is 0 Å². The van der Waals surface area contributed by atoms with Gasteiger partial charge in [-0.1, -0.05) is 29.8 Å². The van der Waals surface area contributed by atoms with Gasteiger partial charge in [0.2, 0.25) is 0 Å². The van der Waals surface area contributed by atoms with E-state index in [1.54, 1.807) is 42.5 Å². The minimum atomic E-state index is -0.541. The second-order valence-electron chi connectivity index (χ2n) is 3.51. The number of benzene rings is 2. The van der Waals surface area contributed by atoms with Crippen molar-refractivity contribution in [3.8, 4) is 11.8 Å². The monoisotopic (exact) mass is 257 g/mol. The lowest BCUT2D eigenvalue weighted by atomic mass is 10.2. The highest BCUT2D eigenvalue weighted by atomic mass is 35.5. The van der Waals surface area contributed by atoms with Gasteiger partial charge in [-0.05, 0) is 30.3 Å². The van der Waals surface area contributed by atoms with Crippen LogP contribution in [0.25, 0.3) is 0 Å². The number of halogens is 1. The predicted octanol–water partition coefficient (Wildman–Crippen LogP) is 3.43. The van der Waals surface area contributed by atoms with Crippen molar-refractivity contribution in [2.75, 3.05) is 0 Å². The van der Waals surface area contributed by atoms with Crippen LogP contribution in [0, 0.1) is 11.3 Å². The van der Waals surface area contributed by atoms with Gasteiger partial charge in [-0.25, -0.2) is 4.79 Å². The van der Waals surface area contributed by atoms with Crippen LogP contribution < -0.4 is 4.74 Å². The summed E-state index contributed by atoms with van der Waals surface area (Å²) >= 11 is 5.79. The van der Waals surface area contributed by atoms with Crippen molar-refractivity contribution >= 4 is 17.6 Å². The summed E-state index contributed by atoms with van der Waals surface area (Å²) in [5.41, 5.74) is 0.656. The maximum absolute atomic E-state index is 11.8.